The third-order valence-corrected chi connectivity index (χ3v) is 3.14. The molecule has 2 unspecified atom stereocenters. The predicted octanol–water partition coefficient (Wildman–Crippen LogP) is 2.23. The van der Waals surface area contributed by atoms with Gasteiger partial charge in [-0.25, -0.2) is 0 Å². The summed E-state index contributed by atoms with van der Waals surface area (Å²) in [5, 5.41) is 12.3. The summed E-state index contributed by atoms with van der Waals surface area (Å²) in [5.74, 6) is 1.42. The Labute approximate surface area is 110 Å². The van der Waals surface area contributed by atoms with Crippen molar-refractivity contribution in [3.05, 3.63) is 29.8 Å². The Kier molecular flexibility index (Phi) is 6.76. The molecule has 0 aliphatic carbocycles. The standard InChI is InChI=1S/C15H25NO2/c1-12(8-9-17)11-16-13(2)10-14-4-6-15(18-3)7-5-14/h4-7,12-13,16-17H,8-11H2,1-3H3. The number of rotatable bonds is 8. The Morgan fingerprint density at radius 3 is 2.44 bits per heavy atom. The number of aliphatic hydroxyl groups excluding tert-OH is 1. The van der Waals surface area contributed by atoms with Gasteiger partial charge >= 0.3 is 0 Å². The highest BCUT2D eigenvalue weighted by Crippen LogP contribution is 2.12. The van der Waals surface area contributed by atoms with Gasteiger partial charge < -0.3 is 15.2 Å². The molecule has 3 nitrogen and oxygen atoms in total. The summed E-state index contributed by atoms with van der Waals surface area (Å²) in [6.07, 6.45) is 1.87. The summed E-state index contributed by atoms with van der Waals surface area (Å²) in [6, 6.07) is 8.65. The third kappa shape index (κ3) is 5.52. The van der Waals surface area contributed by atoms with Crippen LogP contribution >= 0.6 is 0 Å². The molecule has 18 heavy (non-hydrogen) atoms. The summed E-state index contributed by atoms with van der Waals surface area (Å²) in [6.45, 7) is 5.58. The Hall–Kier alpha value is -1.06. The van der Waals surface area contributed by atoms with Crippen LogP contribution < -0.4 is 10.1 Å². The lowest BCUT2D eigenvalue weighted by molar-refractivity contribution is 0.258. The molecule has 1 aromatic carbocycles. The molecule has 0 saturated heterocycles. The van der Waals surface area contributed by atoms with Crippen LogP contribution in [0.2, 0.25) is 0 Å². The fourth-order valence-corrected chi connectivity index (χ4v) is 1.91. The maximum absolute atomic E-state index is 8.85. The minimum absolute atomic E-state index is 0.274. The van der Waals surface area contributed by atoms with Gasteiger partial charge in [0, 0.05) is 12.6 Å². The molecular weight excluding hydrogens is 226 g/mol. The van der Waals surface area contributed by atoms with Gasteiger partial charge in [-0.2, -0.15) is 0 Å². The lowest BCUT2D eigenvalue weighted by Crippen LogP contribution is -2.32. The van der Waals surface area contributed by atoms with Crippen LogP contribution in [0.15, 0.2) is 24.3 Å². The van der Waals surface area contributed by atoms with Gasteiger partial charge in [0.1, 0.15) is 5.75 Å². The fraction of sp³-hybridized carbons (Fsp3) is 0.600. The molecule has 0 saturated carbocycles. The van der Waals surface area contributed by atoms with Crippen LogP contribution in [0.5, 0.6) is 5.75 Å². The second kappa shape index (κ2) is 8.11. The molecule has 0 heterocycles. The van der Waals surface area contributed by atoms with Gasteiger partial charge in [-0.3, -0.25) is 0 Å². The van der Waals surface area contributed by atoms with Crippen molar-refractivity contribution >= 4 is 0 Å². The largest absolute Gasteiger partial charge is 0.497 e. The minimum atomic E-state index is 0.274. The molecule has 102 valence electrons. The summed E-state index contributed by atoms with van der Waals surface area (Å²) in [4.78, 5) is 0. The normalized spacial score (nSPS) is 14.2. The smallest absolute Gasteiger partial charge is 0.118 e. The van der Waals surface area contributed by atoms with Crippen LogP contribution in [0.4, 0.5) is 0 Å². The second-order valence-electron chi connectivity index (χ2n) is 4.98. The topological polar surface area (TPSA) is 41.5 Å². The zero-order chi connectivity index (χ0) is 13.4. The number of hydrogen-bond donors (Lipinski definition) is 2. The van der Waals surface area contributed by atoms with Crippen LogP contribution in [0, 0.1) is 5.92 Å². The number of benzene rings is 1. The molecule has 1 aromatic rings. The summed E-state index contributed by atoms with van der Waals surface area (Å²) in [5.41, 5.74) is 1.31. The van der Waals surface area contributed by atoms with Gasteiger partial charge in [-0.15, -0.1) is 0 Å². The Bertz CT molecular complexity index is 324. The lowest BCUT2D eigenvalue weighted by Gasteiger charge is -2.17. The number of hydrogen-bond acceptors (Lipinski definition) is 3. The average Bonchev–Trinajstić information content (AvgIpc) is 2.38. The molecule has 0 bridgehead atoms. The van der Waals surface area contributed by atoms with Crippen molar-refractivity contribution in [2.45, 2.75) is 32.7 Å². The maximum Gasteiger partial charge on any atom is 0.118 e. The first-order valence-electron chi connectivity index (χ1n) is 6.63. The van der Waals surface area contributed by atoms with Crippen molar-refractivity contribution < 1.29 is 9.84 Å². The first-order valence-corrected chi connectivity index (χ1v) is 6.63. The Morgan fingerprint density at radius 2 is 1.89 bits per heavy atom. The van der Waals surface area contributed by atoms with Gasteiger partial charge in [0.25, 0.3) is 0 Å². The minimum Gasteiger partial charge on any atom is -0.497 e. The third-order valence-electron chi connectivity index (χ3n) is 3.14. The number of aliphatic hydroxyl groups is 1. The maximum atomic E-state index is 8.85. The molecule has 0 aromatic heterocycles. The highest BCUT2D eigenvalue weighted by Gasteiger charge is 2.06. The average molecular weight is 251 g/mol. The zero-order valence-electron chi connectivity index (χ0n) is 11.6. The Morgan fingerprint density at radius 1 is 1.22 bits per heavy atom. The van der Waals surface area contributed by atoms with Crippen molar-refractivity contribution in [2.75, 3.05) is 20.3 Å². The molecule has 2 atom stereocenters. The highest BCUT2D eigenvalue weighted by atomic mass is 16.5. The predicted molar refractivity (Wildman–Crippen MR) is 75.0 cm³/mol. The van der Waals surface area contributed by atoms with E-state index in [1.54, 1.807) is 7.11 Å². The fourth-order valence-electron chi connectivity index (χ4n) is 1.91. The quantitative estimate of drug-likeness (QED) is 0.744. The van der Waals surface area contributed by atoms with E-state index in [4.69, 9.17) is 9.84 Å². The molecule has 0 fully saturated rings. The van der Waals surface area contributed by atoms with Gasteiger partial charge in [-0.1, -0.05) is 19.1 Å². The molecule has 0 spiro atoms. The van der Waals surface area contributed by atoms with E-state index in [-0.39, 0.29) is 6.61 Å². The van der Waals surface area contributed by atoms with Crippen molar-refractivity contribution in [3.63, 3.8) is 0 Å². The second-order valence-corrected chi connectivity index (χ2v) is 4.98. The van der Waals surface area contributed by atoms with E-state index in [2.05, 4.69) is 31.3 Å². The van der Waals surface area contributed by atoms with E-state index in [1.165, 1.54) is 5.56 Å². The summed E-state index contributed by atoms with van der Waals surface area (Å²) >= 11 is 0. The molecule has 2 N–H and O–H groups in total. The van der Waals surface area contributed by atoms with Crippen molar-refractivity contribution in [1.82, 2.24) is 5.32 Å². The molecule has 0 aliphatic rings. The van der Waals surface area contributed by atoms with E-state index in [1.807, 2.05) is 12.1 Å². The number of nitrogens with one attached hydrogen (secondary N) is 1. The van der Waals surface area contributed by atoms with Crippen LogP contribution in [-0.2, 0) is 6.42 Å². The van der Waals surface area contributed by atoms with Gasteiger partial charge in [0.2, 0.25) is 0 Å². The van der Waals surface area contributed by atoms with Crippen LogP contribution in [-0.4, -0.2) is 31.4 Å². The van der Waals surface area contributed by atoms with E-state index in [0.29, 0.717) is 12.0 Å². The number of ether oxygens (including phenoxy) is 1. The van der Waals surface area contributed by atoms with E-state index in [0.717, 1.165) is 25.1 Å². The van der Waals surface area contributed by atoms with E-state index >= 15 is 0 Å². The van der Waals surface area contributed by atoms with Gasteiger partial charge in [-0.05, 0) is 49.9 Å². The zero-order valence-corrected chi connectivity index (χ0v) is 11.6. The highest BCUT2D eigenvalue weighted by molar-refractivity contribution is 5.27. The summed E-state index contributed by atoms with van der Waals surface area (Å²) < 4.78 is 5.14. The molecule has 0 amide bonds. The van der Waals surface area contributed by atoms with Gasteiger partial charge in [0.15, 0.2) is 0 Å². The van der Waals surface area contributed by atoms with Crippen LogP contribution in [0.3, 0.4) is 0 Å². The van der Waals surface area contributed by atoms with Crippen LogP contribution in [0.25, 0.3) is 0 Å². The molecule has 0 aliphatic heterocycles. The monoisotopic (exact) mass is 251 g/mol. The van der Waals surface area contributed by atoms with E-state index < -0.39 is 0 Å². The van der Waals surface area contributed by atoms with Crippen LogP contribution in [0.1, 0.15) is 25.8 Å². The van der Waals surface area contributed by atoms with E-state index in [9.17, 15) is 0 Å². The number of methoxy groups -OCH3 is 1. The van der Waals surface area contributed by atoms with Crippen molar-refractivity contribution in [1.29, 1.82) is 0 Å². The summed E-state index contributed by atoms with van der Waals surface area (Å²) in [7, 11) is 1.68. The lowest BCUT2D eigenvalue weighted by atomic mass is 10.1. The molecule has 3 heteroatoms. The first-order chi connectivity index (χ1) is 8.65. The molecule has 1 rings (SSSR count). The first kappa shape index (κ1) is 15.0. The molecular formula is C15H25NO2. The van der Waals surface area contributed by atoms with Crippen molar-refractivity contribution in [3.8, 4) is 5.75 Å². The van der Waals surface area contributed by atoms with Crippen molar-refractivity contribution in [2.24, 2.45) is 5.92 Å². The Balaban J connectivity index is 2.32. The SMILES string of the molecule is COc1ccc(CC(C)NCC(C)CCO)cc1. The molecule has 0 radical (unpaired) electrons. The van der Waals surface area contributed by atoms with Gasteiger partial charge in [0.05, 0.1) is 7.11 Å².